The molecular formula is C23H27N5O3. The summed E-state index contributed by atoms with van der Waals surface area (Å²) in [6.07, 6.45) is 3.45. The van der Waals surface area contributed by atoms with Crippen LogP contribution in [0.3, 0.4) is 0 Å². The zero-order valence-electron chi connectivity index (χ0n) is 18.0. The number of aromatic amines is 1. The van der Waals surface area contributed by atoms with E-state index in [0.29, 0.717) is 17.4 Å². The third-order valence-electron chi connectivity index (χ3n) is 5.43. The first-order valence-electron chi connectivity index (χ1n) is 10.5. The molecule has 8 nitrogen and oxygen atoms in total. The molecule has 31 heavy (non-hydrogen) atoms. The average Bonchev–Trinajstić information content (AvgIpc) is 3.25. The maximum absolute atomic E-state index is 12.7. The van der Waals surface area contributed by atoms with Crippen molar-refractivity contribution < 1.29 is 14.3 Å². The second-order valence-corrected chi connectivity index (χ2v) is 7.90. The Morgan fingerprint density at radius 2 is 1.81 bits per heavy atom. The van der Waals surface area contributed by atoms with Crippen molar-refractivity contribution in [3.8, 4) is 23.0 Å². The molecule has 2 heterocycles. The highest BCUT2D eigenvalue weighted by atomic mass is 16.5. The molecule has 0 radical (unpaired) electrons. The topological polar surface area (TPSA) is 102 Å². The Kier molecular flexibility index (Phi) is 6.16. The lowest BCUT2D eigenvalue weighted by Gasteiger charge is -2.28. The molecule has 0 spiro atoms. The SMILES string of the molecule is COc1cccc(-c2cc(C(=O)NC3CCC(Oc4nc(C)cc(C)n4)CC3)[nH]n2)c1. The number of amides is 1. The second-order valence-electron chi connectivity index (χ2n) is 7.90. The zero-order chi connectivity index (χ0) is 21.8. The molecule has 1 aliphatic carbocycles. The Bertz CT molecular complexity index is 1040. The Morgan fingerprint density at radius 1 is 1.06 bits per heavy atom. The fourth-order valence-electron chi connectivity index (χ4n) is 3.85. The minimum Gasteiger partial charge on any atom is -0.497 e. The van der Waals surface area contributed by atoms with Gasteiger partial charge in [0.25, 0.3) is 5.91 Å². The molecule has 2 aromatic heterocycles. The van der Waals surface area contributed by atoms with E-state index in [0.717, 1.165) is 48.4 Å². The molecule has 8 heteroatoms. The van der Waals surface area contributed by atoms with E-state index in [-0.39, 0.29) is 18.1 Å². The van der Waals surface area contributed by atoms with E-state index in [1.165, 1.54) is 0 Å². The molecule has 3 aromatic rings. The molecule has 2 N–H and O–H groups in total. The highest BCUT2D eigenvalue weighted by Gasteiger charge is 2.25. The summed E-state index contributed by atoms with van der Waals surface area (Å²) in [5.41, 5.74) is 3.84. The molecule has 1 aliphatic rings. The van der Waals surface area contributed by atoms with Crippen LogP contribution in [0.15, 0.2) is 36.4 Å². The van der Waals surface area contributed by atoms with E-state index in [1.807, 2.05) is 44.2 Å². The van der Waals surface area contributed by atoms with E-state index in [1.54, 1.807) is 13.2 Å². The highest BCUT2D eigenvalue weighted by Crippen LogP contribution is 2.24. The number of carbonyl (C=O) groups is 1. The first-order chi connectivity index (χ1) is 15.0. The number of nitrogens with one attached hydrogen (secondary N) is 2. The fraction of sp³-hybridized carbons (Fsp3) is 0.391. The number of hydrogen-bond donors (Lipinski definition) is 2. The minimum atomic E-state index is -0.149. The number of benzene rings is 1. The number of carbonyl (C=O) groups excluding carboxylic acids is 1. The van der Waals surface area contributed by atoms with Crippen molar-refractivity contribution in [1.82, 2.24) is 25.5 Å². The largest absolute Gasteiger partial charge is 0.497 e. The normalized spacial score (nSPS) is 18.4. The molecule has 0 bridgehead atoms. The third kappa shape index (κ3) is 5.20. The summed E-state index contributed by atoms with van der Waals surface area (Å²) in [6.45, 7) is 3.87. The van der Waals surface area contributed by atoms with E-state index < -0.39 is 0 Å². The van der Waals surface area contributed by atoms with Crippen LogP contribution in [0.5, 0.6) is 11.8 Å². The summed E-state index contributed by atoms with van der Waals surface area (Å²) in [7, 11) is 1.62. The van der Waals surface area contributed by atoms with Gasteiger partial charge in [-0.05, 0) is 63.8 Å². The van der Waals surface area contributed by atoms with Crippen molar-refractivity contribution in [2.24, 2.45) is 0 Å². The van der Waals surface area contributed by atoms with Crippen molar-refractivity contribution in [2.45, 2.75) is 51.7 Å². The van der Waals surface area contributed by atoms with Gasteiger partial charge in [-0.15, -0.1) is 0 Å². The summed E-state index contributed by atoms with van der Waals surface area (Å²) >= 11 is 0. The van der Waals surface area contributed by atoms with Gasteiger partial charge in [-0.1, -0.05) is 12.1 Å². The van der Waals surface area contributed by atoms with Gasteiger partial charge >= 0.3 is 6.01 Å². The van der Waals surface area contributed by atoms with E-state index >= 15 is 0 Å². The average molecular weight is 422 g/mol. The number of hydrogen-bond acceptors (Lipinski definition) is 6. The highest BCUT2D eigenvalue weighted by molar-refractivity contribution is 5.93. The van der Waals surface area contributed by atoms with Crippen molar-refractivity contribution in [2.75, 3.05) is 7.11 Å². The Hall–Kier alpha value is -3.42. The molecule has 1 saturated carbocycles. The van der Waals surface area contributed by atoms with Crippen molar-refractivity contribution in [3.05, 3.63) is 53.5 Å². The molecular weight excluding hydrogens is 394 g/mol. The summed E-state index contributed by atoms with van der Waals surface area (Å²) in [5.74, 6) is 0.598. The van der Waals surface area contributed by atoms with Crippen LogP contribution in [0.4, 0.5) is 0 Å². The van der Waals surface area contributed by atoms with Crippen molar-refractivity contribution in [1.29, 1.82) is 0 Å². The second kappa shape index (κ2) is 9.16. The van der Waals surface area contributed by atoms with E-state index in [9.17, 15) is 4.79 Å². The lowest BCUT2D eigenvalue weighted by atomic mass is 9.93. The van der Waals surface area contributed by atoms with Gasteiger partial charge in [0.2, 0.25) is 0 Å². The fourth-order valence-corrected chi connectivity index (χ4v) is 3.85. The Balaban J connectivity index is 1.30. The molecule has 1 aromatic carbocycles. The van der Waals surface area contributed by atoms with Crippen LogP contribution in [0.2, 0.25) is 0 Å². The first kappa shape index (κ1) is 20.8. The number of nitrogens with zero attached hydrogens (tertiary/aromatic N) is 3. The number of ether oxygens (including phenoxy) is 2. The van der Waals surface area contributed by atoms with Gasteiger partial charge in [-0.2, -0.15) is 5.10 Å². The lowest BCUT2D eigenvalue weighted by molar-refractivity contribution is 0.0880. The smallest absolute Gasteiger partial charge is 0.317 e. The predicted octanol–water partition coefficient (Wildman–Crippen LogP) is 3.61. The van der Waals surface area contributed by atoms with Gasteiger partial charge in [0.1, 0.15) is 17.5 Å². The summed E-state index contributed by atoms with van der Waals surface area (Å²) in [5, 5.41) is 10.2. The van der Waals surface area contributed by atoms with Gasteiger partial charge in [0.05, 0.1) is 12.8 Å². The molecule has 162 valence electrons. The quantitative estimate of drug-likeness (QED) is 0.630. The summed E-state index contributed by atoms with van der Waals surface area (Å²) in [4.78, 5) is 21.4. The summed E-state index contributed by atoms with van der Waals surface area (Å²) in [6, 6.07) is 11.8. The predicted molar refractivity (Wildman–Crippen MR) is 116 cm³/mol. The van der Waals surface area contributed by atoms with Gasteiger partial charge < -0.3 is 14.8 Å². The van der Waals surface area contributed by atoms with Gasteiger partial charge in [0, 0.05) is 23.0 Å². The van der Waals surface area contributed by atoms with Crippen molar-refractivity contribution in [3.63, 3.8) is 0 Å². The number of rotatable bonds is 6. The van der Waals surface area contributed by atoms with Crippen LogP contribution in [0.1, 0.15) is 47.6 Å². The Labute approximate surface area is 181 Å². The molecule has 0 saturated heterocycles. The number of aromatic nitrogens is 4. The lowest BCUT2D eigenvalue weighted by Crippen LogP contribution is -2.40. The van der Waals surface area contributed by atoms with E-state index in [2.05, 4.69) is 25.5 Å². The Morgan fingerprint density at radius 3 is 2.52 bits per heavy atom. The third-order valence-corrected chi connectivity index (χ3v) is 5.43. The maximum atomic E-state index is 12.7. The van der Waals surface area contributed by atoms with Crippen LogP contribution in [0.25, 0.3) is 11.3 Å². The number of aryl methyl sites for hydroxylation is 2. The zero-order valence-corrected chi connectivity index (χ0v) is 18.0. The van der Waals surface area contributed by atoms with Gasteiger partial charge in [-0.25, -0.2) is 9.97 Å². The molecule has 1 amide bonds. The summed E-state index contributed by atoms with van der Waals surface area (Å²) < 4.78 is 11.2. The van der Waals surface area contributed by atoms with Crippen LogP contribution < -0.4 is 14.8 Å². The van der Waals surface area contributed by atoms with Crippen LogP contribution >= 0.6 is 0 Å². The van der Waals surface area contributed by atoms with E-state index in [4.69, 9.17) is 9.47 Å². The molecule has 0 unspecified atom stereocenters. The molecule has 1 fully saturated rings. The first-order valence-corrected chi connectivity index (χ1v) is 10.5. The van der Waals surface area contributed by atoms with Gasteiger partial charge in [-0.3, -0.25) is 9.89 Å². The van der Waals surface area contributed by atoms with Gasteiger partial charge in [0.15, 0.2) is 0 Å². The number of H-pyrrole nitrogens is 1. The number of methoxy groups -OCH3 is 1. The minimum absolute atomic E-state index is 0.0705. The maximum Gasteiger partial charge on any atom is 0.317 e. The van der Waals surface area contributed by atoms with Crippen LogP contribution in [0, 0.1) is 13.8 Å². The monoisotopic (exact) mass is 421 g/mol. The molecule has 0 aliphatic heterocycles. The standard InChI is InChI=1S/C23H27N5O3/c1-14-11-15(2)25-23(24-14)31-18-9-7-17(8-10-18)26-22(29)21-13-20(27-28-21)16-5-4-6-19(12-16)30-3/h4-6,11-13,17-18H,7-10H2,1-3H3,(H,26,29)(H,27,28). The van der Waals surface area contributed by atoms with Crippen LogP contribution in [-0.2, 0) is 0 Å². The molecule has 0 atom stereocenters. The van der Waals surface area contributed by atoms with Crippen LogP contribution in [-0.4, -0.2) is 45.3 Å². The van der Waals surface area contributed by atoms with Crippen molar-refractivity contribution >= 4 is 5.91 Å². The molecule has 4 rings (SSSR count).